The number of likely N-dealkylation sites (tertiary alicyclic amines) is 1. The highest BCUT2D eigenvalue weighted by atomic mass is 16.4. The molecule has 19 heavy (non-hydrogen) atoms. The van der Waals surface area contributed by atoms with Crippen molar-refractivity contribution < 1.29 is 24.6 Å². The minimum atomic E-state index is -1.17. The summed E-state index contributed by atoms with van der Waals surface area (Å²) in [4.78, 5) is 35.4. The molecule has 0 aromatic heterocycles. The van der Waals surface area contributed by atoms with Crippen molar-refractivity contribution in [3.05, 3.63) is 0 Å². The number of carboxylic acid groups (broad SMARTS) is 1. The summed E-state index contributed by atoms with van der Waals surface area (Å²) < 4.78 is 0. The molecule has 1 aliphatic rings. The Bertz CT molecular complexity index is 373. The molecule has 0 bridgehead atoms. The number of amides is 3. The van der Waals surface area contributed by atoms with Crippen LogP contribution in [0.2, 0.25) is 0 Å². The summed E-state index contributed by atoms with van der Waals surface area (Å²) in [7, 11) is 0. The Morgan fingerprint density at radius 3 is 2.58 bits per heavy atom. The lowest BCUT2D eigenvalue weighted by molar-refractivity contribution is -0.141. The van der Waals surface area contributed by atoms with Crippen LogP contribution in [0.3, 0.4) is 0 Å². The molecule has 0 aromatic rings. The fourth-order valence-electron chi connectivity index (χ4n) is 1.93. The van der Waals surface area contributed by atoms with E-state index in [1.54, 1.807) is 6.92 Å². The monoisotopic (exact) mass is 273 g/mol. The number of aliphatic carboxylic acids is 1. The number of carboxylic acids is 1. The van der Waals surface area contributed by atoms with E-state index in [1.807, 2.05) is 0 Å². The van der Waals surface area contributed by atoms with E-state index < -0.39 is 30.2 Å². The van der Waals surface area contributed by atoms with Gasteiger partial charge in [0.05, 0.1) is 6.10 Å². The molecule has 1 rings (SSSR count). The second-order valence-corrected chi connectivity index (χ2v) is 4.46. The fourth-order valence-corrected chi connectivity index (χ4v) is 1.93. The van der Waals surface area contributed by atoms with Crippen molar-refractivity contribution in [2.24, 2.45) is 0 Å². The second-order valence-electron chi connectivity index (χ2n) is 4.46. The first-order valence-corrected chi connectivity index (χ1v) is 6.12. The molecular formula is C11H19N3O5. The standard InChI is InChI=1S/C11H19N3O5/c1-3-12-9(16)6(2)13-11(19)14-5-7(15)4-8(14)10(17)18/h6-8,15H,3-5H2,1-2H3,(H,12,16)(H,13,19)(H,17,18)/t6?,7-,8+/m1/s1. The number of carbonyl (C=O) groups excluding carboxylic acids is 2. The zero-order valence-corrected chi connectivity index (χ0v) is 10.9. The van der Waals surface area contributed by atoms with Gasteiger partial charge in [-0.1, -0.05) is 0 Å². The molecule has 8 heteroatoms. The van der Waals surface area contributed by atoms with Crippen molar-refractivity contribution in [2.75, 3.05) is 13.1 Å². The summed E-state index contributed by atoms with van der Waals surface area (Å²) in [6.45, 7) is 3.65. The minimum absolute atomic E-state index is 0.00170. The van der Waals surface area contributed by atoms with Gasteiger partial charge in [0.25, 0.3) is 0 Å². The van der Waals surface area contributed by atoms with Crippen molar-refractivity contribution in [3.8, 4) is 0 Å². The lowest BCUT2D eigenvalue weighted by Crippen LogP contribution is -2.52. The van der Waals surface area contributed by atoms with Gasteiger partial charge in [0.1, 0.15) is 12.1 Å². The summed E-state index contributed by atoms with van der Waals surface area (Å²) >= 11 is 0. The number of nitrogens with one attached hydrogen (secondary N) is 2. The number of urea groups is 1. The normalized spacial score (nSPS) is 23.8. The van der Waals surface area contributed by atoms with E-state index >= 15 is 0 Å². The zero-order valence-electron chi connectivity index (χ0n) is 10.9. The Hall–Kier alpha value is -1.83. The fraction of sp³-hybridized carbons (Fsp3) is 0.727. The maximum absolute atomic E-state index is 11.9. The van der Waals surface area contributed by atoms with E-state index in [0.717, 1.165) is 4.90 Å². The van der Waals surface area contributed by atoms with E-state index in [1.165, 1.54) is 6.92 Å². The maximum Gasteiger partial charge on any atom is 0.326 e. The number of β-amino-alcohol motifs (C(OH)–C–C–N with tert-alkyl or cyclic N) is 1. The second kappa shape index (κ2) is 6.37. The molecule has 0 spiro atoms. The van der Waals surface area contributed by atoms with Gasteiger partial charge >= 0.3 is 12.0 Å². The summed E-state index contributed by atoms with van der Waals surface area (Å²) in [5, 5.41) is 23.4. The van der Waals surface area contributed by atoms with Crippen LogP contribution in [0.15, 0.2) is 0 Å². The number of aliphatic hydroxyl groups is 1. The van der Waals surface area contributed by atoms with Gasteiger partial charge < -0.3 is 25.7 Å². The predicted octanol–water partition coefficient (Wildman–Crippen LogP) is -1.26. The average molecular weight is 273 g/mol. The summed E-state index contributed by atoms with van der Waals surface area (Å²) in [6, 6.07) is -2.49. The van der Waals surface area contributed by atoms with Crippen LogP contribution in [0.5, 0.6) is 0 Å². The number of aliphatic hydroxyl groups excluding tert-OH is 1. The van der Waals surface area contributed by atoms with Crippen LogP contribution in [0.4, 0.5) is 4.79 Å². The third-order valence-electron chi connectivity index (χ3n) is 2.91. The molecule has 3 amide bonds. The number of nitrogens with zero attached hydrogens (tertiary/aromatic N) is 1. The highest BCUT2D eigenvalue weighted by Gasteiger charge is 2.39. The number of carbonyl (C=O) groups is 3. The molecule has 1 heterocycles. The van der Waals surface area contributed by atoms with Gasteiger partial charge in [0.2, 0.25) is 5.91 Å². The van der Waals surface area contributed by atoms with E-state index in [2.05, 4.69) is 10.6 Å². The van der Waals surface area contributed by atoms with Crippen LogP contribution in [0.25, 0.3) is 0 Å². The zero-order chi connectivity index (χ0) is 14.6. The largest absolute Gasteiger partial charge is 0.480 e. The van der Waals surface area contributed by atoms with Gasteiger partial charge in [-0.05, 0) is 13.8 Å². The lowest BCUT2D eigenvalue weighted by Gasteiger charge is -2.23. The minimum Gasteiger partial charge on any atom is -0.480 e. The van der Waals surface area contributed by atoms with Crippen molar-refractivity contribution in [3.63, 3.8) is 0 Å². The average Bonchev–Trinajstić information content (AvgIpc) is 2.71. The summed E-state index contributed by atoms with van der Waals surface area (Å²) in [5.74, 6) is -1.51. The van der Waals surface area contributed by atoms with Crippen molar-refractivity contribution >= 4 is 17.9 Å². The Morgan fingerprint density at radius 2 is 2.05 bits per heavy atom. The first-order valence-electron chi connectivity index (χ1n) is 6.12. The molecular weight excluding hydrogens is 254 g/mol. The number of hydrogen-bond acceptors (Lipinski definition) is 4. The molecule has 1 unspecified atom stereocenters. The quantitative estimate of drug-likeness (QED) is 0.510. The molecule has 3 atom stereocenters. The third kappa shape index (κ3) is 3.82. The summed E-state index contributed by atoms with van der Waals surface area (Å²) in [5.41, 5.74) is 0. The molecule has 1 aliphatic heterocycles. The van der Waals surface area contributed by atoms with E-state index in [0.29, 0.717) is 6.54 Å². The Balaban J connectivity index is 2.62. The number of rotatable bonds is 4. The van der Waals surface area contributed by atoms with E-state index in [-0.39, 0.29) is 18.9 Å². The third-order valence-corrected chi connectivity index (χ3v) is 2.91. The molecule has 4 N–H and O–H groups in total. The van der Waals surface area contributed by atoms with Crippen LogP contribution in [0.1, 0.15) is 20.3 Å². The van der Waals surface area contributed by atoms with Crippen molar-refractivity contribution in [1.82, 2.24) is 15.5 Å². The lowest BCUT2D eigenvalue weighted by atomic mass is 10.2. The highest BCUT2D eigenvalue weighted by molar-refractivity contribution is 5.88. The smallest absolute Gasteiger partial charge is 0.326 e. The number of hydrogen-bond donors (Lipinski definition) is 4. The van der Waals surface area contributed by atoms with Crippen molar-refractivity contribution in [2.45, 2.75) is 38.5 Å². The maximum atomic E-state index is 11.9. The van der Waals surface area contributed by atoms with E-state index in [4.69, 9.17) is 5.11 Å². The molecule has 0 radical (unpaired) electrons. The van der Waals surface area contributed by atoms with E-state index in [9.17, 15) is 19.5 Å². The molecule has 1 fully saturated rings. The van der Waals surface area contributed by atoms with Crippen LogP contribution in [0, 0.1) is 0 Å². The predicted molar refractivity (Wildman–Crippen MR) is 65.4 cm³/mol. The molecule has 8 nitrogen and oxygen atoms in total. The Morgan fingerprint density at radius 1 is 1.42 bits per heavy atom. The van der Waals surface area contributed by atoms with Crippen molar-refractivity contribution in [1.29, 1.82) is 0 Å². The van der Waals surface area contributed by atoms with Crippen LogP contribution >= 0.6 is 0 Å². The first kappa shape index (κ1) is 15.2. The van der Waals surface area contributed by atoms with Gasteiger partial charge in [0, 0.05) is 19.5 Å². The molecule has 0 aromatic carbocycles. The molecule has 108 valence electrons. The van der Waals surface area contributed by atoms with Crippen LogP contribution < -0.4 is 10.6 Å². The van der Waals surface area contributed by atoms with Gasteiger partial charge in [-0.2, -0.15) is 0 Å². The van der Waals surface area contributed by atoms with Gasteiger partial charge in [-0.15, -0.1) is 0 Å². The Kier molecular flexibility index (Phi) is 5.11. The molecule has 1 saturated heterocycles. The SMILES string of the molecule is CCNC(=O)C(C)NC(=O)N1C[C@H](O)C[C@H]1C(=O)O. The van der Waals surface area contributed by atoms with Gasteiger partial charge in [-0.25, -0.2) is 9.59 Å². The number of likely N-dealkylation sites (N-methyl/N-ethyl adjacent to an activating group) is 1. The molecule has 0 aliphatic carbocycles. The Labute approximate surface area is 110 Å². The highest BCUT2D eigenvalue weighted by Crippen LogP contribution is 2.18. The van der Waals surface area contributed by atoms with Gasteiger partial charge in [0.15, 0.2) is 0 Å². The topological polar surface area (TPSA) is 119 Å². The summed E-state index contributed by atoms with van der Waals surface area (Å²) in [6.07, 6.45) is -0.857. The molecule has 0 saturated carbocycles. The van der Waals surface area contributed by atoms with Crippen LogP contribution in [-0.4, -0.2) is 64.3 Å². The van der Waals surface area contributed by atoms with Crippen LogP contribution in [-0.2, 0) is 9.59 Å². The van der Waals surface area contributed by atoms with Gasteiger partial charge in [-0.3, -0.25) is 4.79 Å². The first-order chi connectivity index (χ1) is 8.86.